The van der Waals surface area contributed by atoms with Crippen LogP contribution in [0.15, 0.2) is 18.3 Å². The Morgan fingerprint density at radius 1 is 1.29 bits per heavy atom. The van der Waals surface area contributed by atoms with Gasteiger partial charge in [0, 0.05) is 18.3 Å². The molecule has 0 bridgehead atoms. The Kier molecular flexibility index (Phi) is 5.03. The summed E-state index contributed by atoms with van der Waals surface area (Å²) >= 11 is 0. The molecule has 1 amide bonds. The molecule has 1 aromatic heterocycles. The minimum atomic E-state index is -4.40. The van der Waals surface area contributed by atoms with Crippen molar-refractivity contribution in [2.24, 2.45) is 0 Å². The second-order valence-corrected chi connectivity index (χ2v) is 5.10. The summed E-state index contributed by atoms with van der Waals surface area (Å²) in [6.07, 6.45) is 2.15. The summed E-state index contributed by atoms with van der Waals surface area (Å²) in [5.74, 6) is -0.404. The molecule has 1 aliphatic carbocycles. The number of nitrogens with one attached hydrogen (secondary N) is 1. The Morgan fingerprint density at radius 2 is 2.00 bits per heavy atom. The van der Waals surface area contributed by atoms with Gasteiger partial charge in [-0.3, -0.25) is 4.79 Å². The number of pyridine rings is 1. The number of nitrogens with zero attached hydrogens (tertiary/aromatic N) is 1. The SMILES string of the molecule is O=C(NC1CCCCC1)c1ccc(OCC(F)(F)F)nc1. The number of ether oxygens (including phenoxy) is 1. The highest BCUT2D eigenvalue weighted by Gasteiger charge is 2.28. The molecular weight excluding hydrogens is 285 g/mol. The van der Waals surface area contributed by atoms with Crippen molar-refractivity contribution >= 4 is 5.91 Å². The van der Waals surface area contributed by atoms with Crippen molar-refractivity contribution in [1.29, 1.82) is 0 Å². The van der Waals surface area contributed by atoms with Gasteiger partial charge in [0.25, 0.3) is 5.91 Å². The molecular formula is C14H17F3N2O2. The van der Waals surface area contributed by atoms with Crippen LogP contribution in [0.4, 0.5) is 13.2 Å². The van der Waals surface area contributed by atoms with Crippen LogP contribution in [0.2, 0.25) is 0 Å². The quantitative estimate of drug-likeness (QED) is 0.930. The molecule has 0 unspecified atom stereocenters. The van der Waals surface area contributed by atoms with Crippen LogP contribution in [0.25, 0.3) is 0 Å². The number of carbonyl (C=O) groups is 1. The fourth-order valence-corrected chi connectivity index (χ4v) is 2.27. The van der Waals surface area contributed by atoms with Crippen molar-refractivity contribution in [3.05, 3.63) is 23.9 Å². The normalized spacial score (nSPS) is 16.5. The lowest BCUT2D eigenvalue weighted by Crippen LogP contribution is -2.36. The van der Waals surface area contributed by atoms with Crippen LogP contribution in [0.3, 0.4) is 0 Å². The number of rotatable bonds is 4. The molecule has 0 atom stereocenters. The van der Waals surface area contributed by atoms with Crippen LogP contribution in [0.5, 0.6) is 5.88 Å². The van der Waals surface area contributed by atoms with E-state index in [1.165, 1.54) is 24.8 Å². The van der Waals surface area contributed by atoms with Gasteiger partial charge in [-0.05, 0) is 18.9 Å². The molecule has 4 nitrogen and oxygen atoms in total. The minimum Gasteiger partial charge on any atom is -0.468 e. The topological polar surface area (TPSA) is 51.2 Å². The van der Waals surface area contributed by atoms with Crippen LogP contribution in [-0.4, -0.2) is 29.7 Å². The van der Waals surface area contributed by atoms with Gasteiger partial charge in [0.05, 0.1) is 5.56 Å². The van der Waals surface area contributed by atoms with Crippen LogP contribution < -0.4 is 10.1 Å². The summed E-state index contributed by atoms with van der Waals surface area (Å²) in [6, 6.07) is 2.85. The average molecular weight is 302 g/mol. The van der Waals surface area contributed by atoms with Crippen molar-refractivity contribution < 1.29 is 22.7 Å². The van der Waals surface area contributed by atoms with E-state index >= 15 is 0 Å². The molecule has 1 N–H and O–H groups in total. The van der Waals surface area contributed by atoms with Gasteiger partial charge >= 0.3 is 6.18 Å². The van der Waals surface area contributed by atoms with E-state index in [0.717, 1.165) is 25.7 Å². The minimum absolute atomic E-state index is 0.151. The van der Waals surface area contributed by atoms with E-state index in [1.807, 2.05) is 0 Å². The fraction of sp³-hybridized carbons (Fsp3) is 0.571. The van der Waals surface area contributed by atoms with Gasteiger partial charge < -0.3 is 10.1 Å². The molecule has 1 aliphatic rings. The first-order valence-electron chi connectivity index (χ1n) is 6.90. The lowest BCUT2D eigenvalue weighted by molar-refractivity contribution is -0.154. The maximum atomic E-state index is 12.0. The molecule has 1 fully saturated rings. The Hall–Kier alpha value is -1.79. The predicted molar refractivity (Wildman–Crippen MR) is 70.1 cm³/mol. The predicted octanol–water partition coefficient (Wildman–Crippen LogP) is 3.09. The molecule has 0 radical (unpaired) electrons. The molecule has 0 aromatic carbocycles. The van der Waals surface area contributed by atoms with E-state index < -0.39 is 12.8 Å². The summed E-state index contributed by atoms with van der Waals surface area (Å²) in [4.78, 5) is 15.7. The zero-order valence-corrected chi connectivity index (χ0v) is 11.4. The lowest BCUT2D eigenvalue weighted by atomic mass is 9.95. The van der Waals surface area contributed by atoms with E-state index in [-0.39, 0.29) is 17.8 Å². The highest BCUT2D eigenvalue weighted by molar-refractivity contribution is 5.94. The molecule has 1 aromatic rings. The van der Waals surface area contributed by atoms with Crippen molar-refractivity contribution in [3.63, 3.8) is 0 Å². The molecule has 0 saturated heterocycles. The molecule has 21 heavy (non-hydrogen) atoms. The van der Waals surface area contributed by atoms with E-state index in [0.29, 0.717) is 5.56 Å². The molecule has 1 heterocycles. The molecule has 1 saturated carbocycles. The van der Waals surface area contributed by atoms with Gasteiger partial charge in [-0.2, -0.15) is 13.2 Å². The standard InChI is InChI=1S/C14H17F3N2O2/c15-14(16,17)9-21-12-7-6-10(8-18-12)13(20)19-11-4-2-1-3-5-11/h6-8,11H,1-5,9H2,(H,19,20). The van der Waals surface area contributed by atoms with Crippen molar-refractivity contribution in [2.45, 2.75) is 44.3 Å². The fourth-order valence-electron chi connectivity index (χ4n) is 2.27. The third-order valence-corrected chi connectivity index (χ3v) is 3.32. The van der Waals surface area contributed by atoms with Crippen LogP contribution in [0.1, 0.15) is 42.5 Å². The van der Waals surface area contributed by atoms with Crippen LogP contribution in [-0.2, 0) is 0 Å². The largest absolute Gasteiger partial charge is 0.468 e. The van der Waals surface area contributed by atoms with Gasteiger partial charge in [-0.25, -0.2) is 4.98 Å². The van der Waals surface area contributed by atoms with Gasteiger partial charge in [-0.15, -0.1) is 0 Å². The van der Waals surface area contributed by atoms with E-state index in [4.69, 9.17) is 0 Å². The summed E-state index contributed by atoms with van der Waals surface area (Å²) in [5, 5.41) is 2.91. The van der Waals surface area contributed by atoms with Crippen molar-refractivity contribution in [3.8, 4) is 5.88 Å². The number of amides is 1. The summed E-state index contributed by atoms with van der Waals surface area (Å²) in [6.45, 7) is -1.40. The zero-order valence-electron chi connectivity index (χ0n) is 11.4. The first kappa shape index (κ1) is 15.6. The first-order chi connectivity index (χ1) is 9.94. The Morgan fingerprint density at radius 3 is 2.57 bits per heavy atom. The zero-order chi connectivity index (χ0) is 15.3. The van der Waals surface area contributed by atoms with Crippen molar-refractivity contribution in [2.75, 3.05) is 6.61 Å². The molecule has 0 aliphatic heterocycles. The molecule has 2 rings (SSSR count). The van der Waals surface area contributed by atoms with E-state index in [1.54, 1.807) is 0 Å². The number of hydrogen-bond acceptors (Lipinski definition) is 3. The Labute approximate surface area is 120 Å². The van der Waals surface area contributed by atoms with Crippen LogP contribution >= 0.6 is 0 Å². The van der Waals surface area contributed by atoms with E-state index in [2.05, 4.69) is 15.0 Å². The number of hydrogen-bond donors (Lipinski definition) is 1. The Balaban J connectivity index is 1.87. The number of carbonyl (C=O) groups excluding carboxylic acids is 1. The third-order valence-electron chi connectivity index (χ3n) is 3.32. The molecule has 7 heteroatoms. The lowest BCUT2D eigenvalue weighted by Gasteiger charge is -2.22. The highest BCUT2D eigenvalue weighted by atomic mass is 19.4. The van der Waals surface area contributed by atoms with Gasteiger partial charge in [0.15, 0.2) is 6.61 Å². The highest BCUT2D eigenvalue weighted by Crippen LogP contribution is 2.19. The Bertz CT molecular complexity index is 468. The summed E-state index contributed by atoms with van der Waals surface area (Å²) < 4.78 is 40.5. The summed E-state index contributed by atoms with van der Waals surface area (Å²) in [7, 11) is 0. The number of halogens is 3. The maximum absolute atomic E-state index is 12.0. The van der Waals surface area contributed by atoms with Gasteiger partial charge in [-0.1, -0.05) is 19.3 Å². The number of alkyl halides is 3. The van der Waals surface area contributed by atoms with Gasteiger partial charge in [0.1, 0.15) is 0 Å². The van der Waals surface area contributed by atoms with E-state index in [9.17, 15) is 18.0 Å². The average Bonchev–Trinajstić information content (AvgIpc) is 2.46. The summed E-state index contributed by atoms with van der Waals surface area (Å²) in [5.41, 5.74) is 0.319. The third kappa shape index (κ3) is 5.24. The monoisotopic (exact) mass is 302 g/mol. The first-order valence-corrected chi connectivity index (χ1v) is 6.90. The van der Waals surface area contributed by atoms with Gasteiger partial charge in [0.2, 0.25) is 5.88 Å². The van der Waals surface area contributed by atoms with Crippen molar-refractivity contribution in [1.82, 2.24) is 10.3 Å². The number of aromatic nitrogens is 1. The second-order valence-electron chi connectivity index (χ2n) is 5.10. The smallest absolute Gasteiger partial charge is 0.422 e. The van der Waals surface area contributed by atoms with Crippen LogP contribution in [0, 0.1) is 0 Å². The molecule has 116 valence electrons. The molecule has 0 spiro atoms. The second kappa shape index (κ2) is 6.78. The maximum Gasteiger partial charge on any atom is 0.422 e.